The standard InChI is InChI=1S/C23H27FN4O2/c1-23(2,3)30-22(29)27-13-11-26(12-14-27)21-25-19-9-4-5-10-20(19)28(21)16-17-7-6-8-18(24)15-17/h4-10,15H,11-14,16H2,1-3H3. The number of fused-ring (bicyclic) bond motifs is 1. The van der Waals surface area contributed by atoms with Crippen molar-refractivity contribution in [3.63, 3.8) is 0 Å². The van der Waals surface area contributed by atoms with E-state index in [0.29, 0.717) is 32.7 Å². The highest BCUT2D eigenvalue weighted by molar-refractivity contribution is 5.79. The van der Waals surface area contributed by atoms with Crippen LogP contribution in [0, 0.1) is 5.82 Å². The molecule has 2 aromatic carbocycles. The van der Waals surface area contributed by atoms with Crippen molar-refractivity contribution in [2.75, 3.05) is 31.1 Å². The molecular formula is C23H27FN4O2. The molecule has 0 radical (unpaired) electrons. The molecule has 1 amide bonds. The van der Waals surface area contributed by atoms with Gasteiger partial charge in [-0.1, -0.05) is 24.3 Å². The normalized spacial score (nSPS) is 14.9. The Hall–Kier alpha value is -3.09. The Balaban J connectivity index is 1.57. The van der Waals surface area contributed by atoms with E-state index in [1.165, 1.54) is 6.07 Å². The fourth-order valence-electron chi connectivity index (χ4n) is 3.69. The van der Waals surface area contributed by atoms with Gasteiger partial charge in [0, 0.05) is 26.2 Å². The molecule has 1 aromatic heterocycles. The number of halogens is 1. The number of imidazole rings is 1. The Morgan fingerprint density at radius 3 is 2.50 bits per heavy atom. The highest BCUT2D eigenvalue weighted by Gasteiger charge is 2.28. The summed E-state index contributed by atoms with van der Waals surface area (Å²) in [4.78, 5) is 21.1. The largest absolute Gasteiger partial charge is 0.444 e. The Kier molecular flexibility index (Phi) is 5.37. The summed E-state index contributed by atoms with van der Waals surface area (Å²) in [5, 5.41) is 0. The first kappa shape index (κ1) is 20.2. The zero-order valence-electron chi connectivity index (χ0n) is 17.6. The summed E-state index contributed by atoms with van der Waals surface area (Å²) in [6.07, 6.45) is -0.282. The number of piperazine rings is 1. The van der Waals surface area contributed by atoms with E-state index in [2.05, 4.69) is 9.47 Å². The van der Waals surface area contributed by atoms with Crippen LogP contribution in [0.5, 0.6) is 0 Å². The van der Waals surface area contributed by atoms with Gasteiger partial charge in [-0.15, -0.1) is 0 Å². The summed E-state index contributed by atoms with van der Waals surface area (Å²) in [5.41, 5.74) is 2.28. The van der Waals surface area contributed by atoms with Crippen molar-refractivity contribution in [1.29, 1.82) is 0 Å². The summed E-state index contributed by atoms with van der Waals surface area (Å²) in [5.74, 6) is 0.591. The molecule has 0 spiro atoms. The molecule has 0 unspecified atom stereocenters. The van der Waals surface area contributed by atoms with E-state index >= 15 is 0 Å². The quantitative estimate of drug-likeness (QED) is 0.647. The second-order valence-electron chi connectivity index (χ2n) is 8.57. The minimum Gasteiger partial charge on any atom is -0.444 e. The number of para-hydroxylation sites is 2. The number of rotatable bonds is 3. The molecule has 0 saturated carbocycles. The summed E-state index contributed by atoms with van der Waals surface area (Å²) in [6, 6.07) is 14.6. The van der Waals surface area contributed by atoms with Gasteiger partial charge in [0.05, 0.1) is 17.6 Å². The number of aromatic nitrogens is 2. The van der Waals surface area contributed by atoms with Crippen LogP contribution < -0.4 is 4.90 Å². The molecule has 2 heterocycles. The minimum atomic E-state index is -0.507. The molecule has 30 heavy (non-hydrogen) atoms. The van der Waals surface area contributed by atoms with Gasteiger partial charge < -0.3 is 19.1 Å². The molecule has 158 valence electrons. The first-order chi connectivity index (χ1) is 14.3. The Bertz CT molecular complexity index is 1050. The summed E-state index contributed by atoms with van der Waals surface area (Å²) >= 11 is 0. The molecule has 0 N–H and O–H groups in total. The molecule has 1 saturated heterocycles. The molecule has 7 heteroatoms. The predicted molar refractivity (Wildman–Crippen MR) is 115 cm³/mol. The van der Waals surface area contributed by atoms with Gasteiger partial charge in [0.2, 0.25) is 5.95 Å². The zero-order valence-corrected chi connectivity index (χ0v) is 17.6. The average Bonchev–Trinajstić information content (AvgIpc) is 3.05. The maximum Gasteiger partial charge on any atom is 0.410 e. The molecule has 4 rings (SSSR count). The molecule has 1 aliphatic rings. The van der Waals surface area contributed by atoms with E-state index in [-0.39, 0.29) is 11.9 Å². The second kappa shape index (κ2) is 7.97. The van der Waals surface area contributed by atoms with Gasteiger partial charge in [0.25, 0.3) is 0 Å². The van der Waals surface area contributed by atoms with Crippen LogP contribution in [0.1, 0.15) is 26.3 Å². The van der Waals surface area contributed by atoms with E-state index in [4.69, 9.17) is 9.72 Å². The third-order valence-electron chi connectivity index (χ3n) is 5.08. The van der Waals surface area contributed by atoms with Gasteiger partial charge in [0.15, 0.2) is 0 Å². The van der Waals surface area contributed by atoms with Gasteiger partial charge in [-0.3, -0.25) is 0 Å². The predicted octanol–water partition coefficient (Wildman–Crippen LogP) is 4.28. The zero-order chi connectivity index (χ0) is 21.3. The van der Waals surface area contributed by atoms with Gasteiger partial charge in [-0.05, 0) is 50.6 Å². The van der Waals surface area contributed by atoms with Crippen LogP contribution in [-0.4, -0.2) is 52.3 Å². The van der Waals surface area contributed by atoms with E-state index < -0.39 is 5.60 Å². The molecule has 3 aromatic rings. The summed E-state index contributed by atoms with van der Waals surface area (Å²) in [7, 11) is 0. The average molecular weight is 410 g/mol. The number of nitrogens with zero attached hydrogens (tertiary/aromatic N) is 4. The number of hydrogen-bond donors (Lipinski definition) is 0. The smallest absolute Gasteiger partial charge is 0.410 e. The number of amides is 1. The van der Waals surface area contributed by atoms with Crippen LogP contribution in [0.15, 0.2) is 48.5 Å². The maximum absolute atomic E-state index is 13.7. The topological polar surface area (TPSA) is 50.6 Å². The molecular weight excluding hydrogens is 383 g/mol. The highest BCUT2D eigenvalue weighted by Crippen LogP contribution is 2.25. The SMILES string of the molecule is CC(C)(C)OC(=O)N1CCN(c2nc3ccccc3n2Cc2cccc(F)c2)CC1. The molecule has 0 atom stereocenters. The van der Waals surface area contributed by atoms with Crippen molar-refractivity contribution in [2.24, 2.45) is 0 Å². The first-order valence-corrected chi connectivity index (χ1v) is 10.2. The summed E-state index contributed by atoms with van der Waals surface area (Å²) in [6.45, 7) is 8.59. The van der Waals surface area contributed by atoms with Gasteiger partial charge in [-0.2, -0.15) is 0 Å². The van der Waals surface area contributed by atoms with Gasteiger partial charge >= 0.3 is 6.09 Å². The van der Waals surface area contributed by atoms with Crippen LogP contribution >= 0.6 is 0 Å². The van der Waals surface area contributed by atoms with Crippen molar-refractivity contribution >= 4 is 23.1 Å². The number of carbonyl (C=O) groups is 1. The maximum atomic E-state index is 13.7. The van der Waals surface area contributed by atoms with Gasteiger partial charge in [-0.25, -0.2) is 14.2 Å². The molecule has 0 aliphatic carbocycles. The summed E-state index contributed by atoms with van der Waals surface area (Å²) < 4.78 is 21.3. The number of anilines is 1. The lowest BCUT2D eigenvalue weighted by Gasteiger charge is -2.36. The lowest BCUT2D eigenvalue weighted by molar-refractivity contribution is 0.0240. The third-order valence-corrected chi connectivity index (χ3v) is 5.08. The molecule has 1 fully saturated rings. The minimum absolute atomic E-state index is 0.246. The Labute approximate surface area is 175 Å². The van der Waals surface area contributed by atoms with E-state index in [0.717, 1.165) is 22.5 Å². The number of hydrogen-bond acceptors (Lipinski definition) is 4. The van der Waals surface area contributed by atoms with Crippen LogP contribution in [0.2, 0.25) is 0 Å². The molecule has 0 bridgehead atoms. The van der Waals surface area contributed by atoms with E-state index in [9.17, 15) is 9.18 Å². The fraction of sp³-hybridized carbons (Fsp3) is 0.391. The van der Waals surface area contributed by atoms with Crippen molar-refractivity contribution in [2.45, 2.75) is 32.9 Å². The van der Waals surface area contributed by atoms with Crippen molar-refractivity contribution in [1.82, 2.24) is 14.5 Å². The highest BCUT2D eigenvalue weighted by atomic mass is 19.1. The number of ether oxygens (including phenoxy) is 1. The monoisotopic (exact) mass is 410 g/mol. The van der Waals surface area contributed by atoms with Crippen molar-refractivity contribution in [3.05, 3.63) is 59.9 Å². The Morgan fingerprint density at radius 2 is 1.80 bits per heavy atom. The fourth-order valence-corrected chi connectivity index (χ4v) is 3.69. The van der Waals surface area contributed by atoms with E-state index in [1.807, 2.05) is 51.1 Å². The first-order valence-electron chi connectivity index (χ1n) is 10.2. The van der Waals surface area contributed by atoms with Crippen LogP contribution in [-0.2, 0) is 11.3 Å². The molecule has 1 aliphatic heterocycles. The lowest BCUT2D eigenvalue weighted by Crippen LogP contribution is -2.50. The molecule has 6 nitrogen and oxygen atoms in total. The van der Waals surface area contributed by atoms with Crippen LogP contribution in [0.25, 0.3) is 11.0 Å². The third kappa shape index (κ3) is 4.40. The van der Waals surface area contributed by atoms with Gasteiger partial charge in [0.1, 0.15) is 11.4 Å². The number of carbonyl (C=O) groups excluding carboxylic acids is 1. The van der Waals surface area contributed by atoms with Crippen molar-refractivity contribution < 1.29 is 13.9 Å². The Morgan fingerprint density at radius 1 is 1.07 bits per heavy atom. The van der Waals surface area contributed by atoms with Crippen LogP contribution in [0.4, 0.5) is 15.1 Å². The van der Waals surface area contributed by atoms with Crippen LogP contribution in [0.3, 0.4) is 0 Å². The number of benzene rings is 2. The van der Waals surface area contributed by atoms with E-state index in [1.54, 1.807) is 17.0 Å². The lowest BCUT2D eigenvalue weighted by atomic mass is 10.2. The second-order valence-corrected chi connectivity index (χ2v) is 8.57. The van der Waals surface area contributed by atoms with Crippen molar-refractivity contribution in [3.8, 4) is 0 Å².